The zero-order chi connectivity index (χ0) is 9.14. The van der Waals surface area contributed by atoms with Crippen LogP contribution >= 0.6 is 0 Å². The average molecular weight is 169 g/mol. The first kappa shape index (κ1) is 8.93. The summed E-state index contributed by atoms with van der Waals surface area (Å²) in [4.78, 5) is 23.2. The van der Waals surface area contributed by atoms with Crippen molar-refractivity contribution in [1.29, 1.82) is 0 Å². The number of hydrogen-bond acceptors (Lipinski definition) is 3. The highest BCUT2D eigenvalue weighted by molar-refractivity contribution is 5.99. The molecule has 0 radical (unpaired) electrons. The molecular formula is C8H11NO3. The molecule has 0 unspecified atom stereocenters. The van der Waals surface area contributed by atoms with Gasteiger partial charge in [0, 0.05) is 13.0 Å². The maximum Gasteiger partial charge on any atom is 0.258 e. The van der Waals surface area contributed by atoms with Crippen molar-refractivity contribution < 1.29 is 14.7 Å². The van der Waals surface area contributed by atoms with Gasteiger partial charge in [-0.1, -0.05) is 6.08 Å². The molecule has 4 nitrogen and oxygen atoms in total. The van der Waals surface area contributed by atoms with Crippen LogP contribution < -0.4 is 0 Å². The van der Waals surface area contributed by atoms with Crippen LogP contribution in [0, 0.1) is 0 Å². The first-order chi connectivity index (χ1) is 5.66. The molecule has 2 amide bonds. The molecule has 0 aromatic carbocycles. The Labute approximate surface area is 70.5 Å². The summed E-state index contributed by atoms with van der Waals surface area (Å²) in [6, 6.07) is 0. The van der Waals surface area contributed by atoms with Crippen LogP contribution in [0.15, 0.2) is 12.7 Å². The number of amides is 2. The molecule has 1 N–H and O–H groups in total. The summed E-state index contributed by atoms with van der Waals surface area (Å²) in [5, 5.41) is 9.11. The van der Waals surface area contributed by atoms with E-state index in [0.717, 1.165) is 4.90 Å². The Balaban J connectivity index is 2.71. The van der Waals surface area contributed by atoms with Gasteiger partial charge in [0.2, 0.25) is 5.91 Å². The number of piperidine rings is 1. The first-order valence-corrected chi connectivity index (χ1v) is 3.80. The largest absolute Gasteiger partial charge is 0.383 e. The smallest absolute Gasteiger partial charge is 0.258 e. The van der Waals surface area contributed by atoms with E-state index in [1.54, 1.807) is 0 Å². The topological polar surface area (TPSA) is 57.6 Å². The Kier molecular flexibility index (Phi) is 2.60. The third-order valence-corrected chi connectivity index (χ3v) is 1.80. The summed E-state index contributed by atoms with van der Waals surface area (Å²) in [6.07, 6.45) is 0.933. The molecule has 1 atom stereocenters. The van der Waals surface area contributed by atoms with Crippen LogP contribution in [-0.2, 0) is 9.59 Å². The molecule has 1 fully saturated rings. The molecule has 0 aliphatic carbocycles. The average Bonchev–Trinajstić information content (AvgIpc) is 2.06. The third-order valence-electron chi connectivity index (χ3n) is 1.80. The predicted octanol–water partition coefficient (Wildman–Crippen LogP) is -0.318. The lowest BCUT2D eigenvalue weighted by molar-refractivity contribution is -0.154. The number of carbonyl (C=O) groups is 2. The lowest BCUT2D eigenvalue weighted by atomic mass is 10.1. The third kappa shape index (κ3) is 1.53. The lowest BCUT2D eigenvalue weighted by Crippen LogP contribution is -2.47. The number of carbonyl (C=O) groups excluding carboxylic acids is 2. The molecule has 0 saturated carbocycles. The van der Waals surface area contributed by atoms with Crippen LogP contribution in [0.5, 0.6) is 0 Å². The van der Waals surface area contributed by atoms with E-state index in [1.165, 1.54) is 6.08 Å². The SMILES string of the molecule is C=CCN1C(=O)CC[C@H](O)C1=O. The molecule has 4 heteroatoms. The fourth-order valence-electron chi connectivity index (χ4n) is 1.14. The fourth-order valence-corrected chi connectivity index (χ4v) is 1.14. The number of nitrogens with zero attached hydrogens (tertiary/aromatic N) is 1. The van der Waals surface area contributed by atoms with E-state index in [4.69, 9.17) is 5.11 Å². The van der Waals surface area contributed by atoms with E-state index >= 15 is 0 Å². The summed E-state index contributed by atoms with van der Waals surface area (Å²) >= 11 is 0. The van der Waals surface area contributed by atoms with E-state index in [2.05, 4.69) is 6.58 Å². The predicted molar refractivity (Wildman–Crippen MR) is 42.2 cm³/mol. The molecule has 1 heterocycles. The Morgan fingerprint density at radius 3 is 2.92 bits per heavy atom. The van der Waals surface area contributed by atoms with Gasteiger partial charge < -0.3 is 5.11 Å². The molecule has 1 rings (SSSR count). The first-order valence-electron chi connectivity index (χ1n) is 3.80. The van der Waals surface area contributed by atoms with Gasteiger partial charge in [-0.15, -0.1) is 6.58 Å². The number of hydrogen-bond donors (Lipinski definition) is 1. The van der Waals surface area contributed by atoms with Crippen molar-refractivity contribution in [3.63, 3.8) is 0 Å². The van der Waals surface area contributed by atoms with E-state index < -0.39 is 12.0 Å². The summed E-state index contributed by atoms with van der Waals surface area (Å²) < 4.78 is 0. The summed E-state index contributed by atoms with van der Waals surface area (Å²) in [6.45, 7) is 3.61. The lowest BCUT2D eigenvalue weighted by Gasteiger charge is -2.26. The van der Waals surface area contributed by atoms with E-state index in [9.17, 15) is 9.59 Å². The molecule has 12 heavy (non-hydrogen) atoms. The molecule has 1 aliphatic heterocycles. The normalized spacial score (nSPS) is 24.4. The van der Waals surface area contributed by atoms with Crippen molar-refractivity contribution >= 4 is 11.8 Å². The van der Waals surface area contributed by atoms with Crippen LogP contribution in [0.25, 0.3) is 0 Å². The Morgan fingerprint density at radius 2 is 2.33 bits per heavy atom. The molecule has 66 valence electrons. The van der Waals surface area contributed by atoms with Gasteiger partial charge in [-0.2, -0.15) is 0 Å². The van der Waals surface area contributed by atoms with Gasteiger partial charge in [0.1, 0.15) is 6.10 Å². The van der Waals surface area contributed by atoms with E-state index in [-0.39, 0.29) is 25.3 Å². The summed E-state index contributed by atoms with van der Waals surface area (Å²) in [5.74, 6) is -0.739. The second-order valence-corrected chi connectivity index (χ2v) is 2.69. The van der Waals surface area contributed by atoms with Crippen LogP contribution in [0.1, 0.15) is 12.8 Å². The minimum absolute atomic E-state index is 0.189. The molecule has 0 aromatic rings. The standard InChI is InChI=1S/C8H11NO3/c1-2-5-9-7(11)4-3-6(10)8(9)12/h2,6,10H,1,3-5H2/t6-/m0/s1. The molecular weight excluding hydrogens is 158 g/mol. The van der Waals surface area contributed by atoms with Gasteiger partial charge in [0.25, 0.3) is 5.91 Å². The van der Waals surface area contributed by atoms with Crippen LogP contribution in [0.3, 0.4) is 0 Å². The zero-order valence-corrected chi connectivity index (χ0v) is 6.69. The maximum atomic E-state index is 11.1. The van der Waals surface area contributed by atoms with Gasteiger partial charge in [-0.05, 0) is 6.42 Å². The van der Waals surface area contributed by atoms with Crippen molar-refractivity contribution in [3.8, 4) is 0 Å². The maximum absolute atomic E-state index is 11.1. The number of rotatable bonds is 2. The number of likely N-dealkylation sites (tertiary alicyclic amines) is 1. The number of aliphatic hydroxyl groups excluding tert-OH is 1. The van der Waals surface area contributed by atoms with E-state index in [0.29, 0.717) is 0 Å². The van der Waals surface area contributed by atoms with Crippen molar-refractivity contribution in [2.45, 2.75) is 18.9 Å². The highest BCUT2D eigenvalue weighted by Crippen LogP contribution is 2.12. The number of aliphatic hydroxyl groups is 1. The Morgan fingerprint density at radius 1 is 1.67 bits per heavy atom. The van der Waals surface area contributed by atoms with Crippen LogP contribution in [0.2, 0.25) is 0 Å². The minimum atomic E-state index is -1.01. The van der Waals surface area contributed by atoms with Gasteiger partial charge in [0.05, 0.1) is 0 Å². The molecule has 0 aromatic heterocycles. The second-order valence-electron chi connectivity index (χ2n) is 2.69. The molecule has 1 saturated heterocycles. The van der Waals surface area contributed by atoms with Crippen molar-refractivity contribution in [1.82, 2.24) is 4.90 Å². The highest BCUT2D eigenvalue weighted by atomic mass is 16.3. The minimum Gasteiger partial charge on any atom is -0.383 e. The fraction of sp³-hybridized carbons (Fsp3) is 0.500. The Bertz CT molecular complexity index is 224. The van der Waals surface area contributed by atoms with Crippen molar-refractivity contribution in [2.75, 3.05) is 6.54 Å². The number of imide groups is 1. The monoisotopic (exact) mass is 169 g/mol. The molecule has 1 aliphatic rings. The molecule has 0 spiro atoms. The van der Waals surface area contributed by atoms with Gasteiger partial charge in [-0.25, -0.2) is 0 Å². The van der Waals surface area contributed by atoms with Gasteiger partial charge in [-0.3, -0.25) is 14.5 Å². The van der Waals surface area contributed by atoms with E-state index in [1.807, 2.05) is 0 Å². The van der Waals surface area contributed by atoms with Gasteiger partial charge in [0.15, 0.2) is 0 Å². The van der Waals surface area contributed by atoms with Crippen LogP contribution in [-0.4, -0.2) is 34.5 Å². The van der Waals surface area contributed by atoms with Gasteiger partial charge >= 0.3 is 0 Å². The van der Waals surface area contributed by atoms with Crippen LogP contribution in [0.4, 0.5) is 0 Å². The van der Waals surface area contributed by atoms with Crippen molar-refractivity contribution in [3.05, 3.63) is 12.7 Å². The quantitative estimate of drug-likeness (QED) is 0.455. The summed E-state index contributed by atoms with van der Waals surface area (Å²) in [5.41, 5.74) is 0. The molecule has 0 bridgehead atoms. The zero-order valence-electron chi connectivity index (χ0n) is 6.69. The summed E-state index contributed by atoms with van der Waals surface area (Å²) in [7, 11) is 0. The van der Waals surface area contributed by atoms with Crippen molar-refractivity contribution in [2.24, 2.45) is 0 Å². The highest BCUT2D eigenvalue weighted by Gasteiger charge is 2.31. The Hall–Kier alpha value is -1.16. The second kappa shape index (κ2) is 3.49.